The number of aliphatic imine (C=N–C) groups is 1. The Balaban J connectivity index is 2.53. The molecule has 3 nitrogen and oxygen atoms in total. The summed E-state index contributed by atoms with van der Waals surface area (Å²) in [5.74, 6) is 1.07. The highest BCUT2D eigenvalue weighted by atomic mass is 19.4. The lowest BCUT2D eigenvalue weighted by Gasteiger charge is -2.23. The average Bonchev–Trinajstić information content (AvgIpc) is 2.45. The molecule has 0 fully saturated rings. The Labute approximate surface area is 130 Å². The Bertz CT molecular complexity index is 455. The summed E-state index contributed by atoms with van der Waals surface area (Å²) in [5, 5.41) is 5.80. The normalized spacial score (nSPS) is 14.0. The summed E-state index contributed by atoms with van der Waals surface area (Å²) in [6.07, 6.45) is -5.03. The zero-order valence-corrected chi connectivity index (χ0v) is 13.2. The smallest absolute Gasteiger partial charge is 0.356 e. The number of guanidine groups is 1. The van der Waals surface area contributed by atoms with Crippen molar-refractivity contribution in [2.24, 2.45) is 10.9 Å². The second-order valence-corrected chi connectivity index (χ2v) is 5.51. The summed E-state index contributed by atoms with van der Waals surface area (Å²) in [6.45, 7) is 4.69. The number of halogens is 3. The average molecular weight is 315 g/mol. The van der Waals surface area contributed by atoms with Crippen molar-refractivity contribution in [1.29, 1.82) is 0 Å². The third-order valence-corrected chi connectivity index (χ3v) is 3.45. The highest BCUT2D eigenvalue weighted by Crippen LogP contribution is 2.23. The molecule has 1 atom stereocenters. The van der Waals surface area contributed by atoms with Gasteiger partial charge in [-0.2, -0.15) is 13.2 Å². The summed E-state index contributed by atoms with van der Waals surface area (Å²) >= 11 is 0. The first-order valence-electron chi connectivity index (χ1n) is 7.39. The molecule has 0 spiro atoms. The van der Waals surface area contributed by atoms with Gasteiger partial charge < -0.3 is 10.6 Å². The van der Waals surface area contributed by atoms with Gasteiger partial charge in [0, 0.05) is 26.1 Å². The number of nitrogens with one attached hydrogen (secondary N) is 2. The van der Waals surface area contributed by atoms with Crippen molar-refractivity contribution < 1.29 is 13.2 Å². The third-order valence-electron chi connectivity index (χ3n) is 3.45. The zero-order valence-electron chi connectivity index (χ0n) is 13.2. The maximum atomic E-state index is 12.2. The van der Waals surface area contributed by atoms with Crippen LogP contribution in [0.5, 0.6) is 0 Å². The minimum absolute atomic E-state index is 0.180. The number of hydrogen-bond acceptors (Lipinski definition) is 1. The van der Waals surface area contributed by atoms with Crippen LogP contribution in [-0.2, 0) is 0 Å². The van der Waals surface area contributed by atoms with E-state index in [1.165, 1.54) is 5.56 Å². The molecule has 0 radical (unpaired) electrons. The lowest BCUT2D eigenvalue weighted by atomic mass is 9.88. The van der Waals surface area contributed by atoms with Crippen LogP contribution >= 0.6 is 0 Å². The standard InChI is InChI=1S/C16H24F3N3/c1-12(2)14(13-7-5-4-6-8-13)11-22-15(20-3)21-10-9-16(17,18)19/h4-8,12,14H,9-11H2,1-3H3,(H2,20,21,22). The molecule has 0 saturated carbocycles. The Morgan fingerprint density at radius 3 is 2.27 bits per heavy atom. The molecule has 1 aromatic rings. The van der Waals surface area contributed by atoms with Gasteiger partial charge in [0.15, 0.2) is 5.96 Å². The van der Waals surface area contributed by atoms with Crippen molar-refractivity contribution in [2.45, 2.75) is 32.4 Å². The van der Waals surface area contributed by atoms with Crippen LogP contribution in [0.1, 0.15) is 31.7 Å². The highest BCUT2D eigenvalue weighted by Gasteiger charge is 2.26. The SMILES string of the molecule is CN=C(NCCC(F)(F)F)NCC(c1ccccc1)C(C)C. The first kappa shape index (κ1) is 18.3. The molecule has 0 aromatic heterocycles. The molecule has 1 rings (SSSR count). The van der Waals surface area contributed by atoms with Crippen LogP contribution < -0.4 is 10.6 Å². The van der Waals surface area contributed by atoms with Gasteiger partial charge in [0.05, 0.1) is 6.42 Å². The molecule has 0 bridgehead atoms. The van der Waals surface area contributed by atoms with Gasteiger partial charge in [0.1, 0.15) is 0 Å². The minimum Gasteiger partial charge on any atom is -0.356 e. The van der Waals surface area contributed by atoms with Crippen molar-refractivity contribution in [2.75, 3.05) is 20.1 Å². The summed E-state index contributed by atoms with van der Waals surface area (Å²) < 4.78 is 36.5. The summed E-state index contributed by atoms with van der Waals surface area (Å²) in [7, 11) is 1.55. The van der Waals surface area contributed by atoms with Gasteiger partial charge in [-0.25, -0.2) is 0 Å². The Kier molecular flexibility index (Phi) is 7.21. The van der Waals surface area contributed by atoms with E-state index in [4.69, 9.17) is 0 Å². The van der Waals surface area contributed by atoms with Gasteiger partial charge >= 0.3 is 6.18 Å². The summed E-state index contributed by atoms with van der Waals surface area (Å²) in [4.78, 5) is 3.96. The predicted octanol–water partition coefficient (Wildman–Crippen LogP) is 3.54. The van der Waals surface area contributed by atoms with E-state index in [-0.39, 0.29) is 12.5 Å². The van der Waals surface area contributed by atoms with Crippen LogP contribution in [0.2, 0.25) is 0 Å². The van der Waals surface area contributed by atoms with Gasteiger partial charge in [-0.1, -0.05) is 44.2 Å². The fourth-order valence-electron chi connectivity index (χ4n) is 2.19. The van der Waals surface area contributed by atoms with E-state index in [0.29, 0.717) is 18.4 Å². The van der Waals surface area contributed by atoms with Crippen molar-refractivity contribution >= 4 is 5.96 Å². The lowest BCUT2D eigenvalue weighted by Crippen LogP contribution is -2.41. The van der Waals surface area contributed by atoms with Crippen LogP contribution in [-0.4, -0.2) is 32.3 Å². The number of alkyl halides is 3. The van der Waals surface area contributed by atoms with E-state index in [0.717, 1.165) is 0 Å². The van der Waals surface area contributed by atoms with E-state index >= 15 is 0 Å². The Hall–Kier alpha value is -1.72. The van der Waals surface area contributed by atoms with Gasteiger partial charge in [-0.15, -0.1) is 0 Å². The fraction of sp³-hybridized carbons (Fsp3) is 0.562. The van der Waals surface area contributed by atoms with E-state index in [2.05, 4.69) is 41.6 Å². The van der Waals surface area contributed by atoms with E-state index < -0.39 is 12.6 Å². The summed E-state index contributed by atoms with van der Waals surface area (Å²) in [5.41, 5.74) is 1.20. The van der Waals surface area contributed by atoms with Crippen molar-refractivity contribution in [3.8, 4) is 0 Å². The fourth-order valence-corrected chi connectivity index (χ4v) is 2.19. The molecule has 0 saturated heterocycles. The second kappa shape index (κ2) is 8.66. The monoisotopic (exact) mass is 315 g/mol. The number of hydrogen-bond donors (Lipinski definition) is 2. The summed E-state index contributed by atoms with van der Waals surface area (Å²) in [6, 6.07) is 10.1. The van der Waals surface area contributed by atoms with E-state index in [1.54, 1.807) is 7.05 Å². The zero-order chi connectivity index (χ0) is 16.6. The van der Waals surface area contributed by atoms with E-state index in [1.807, 2.05) is 18.2 Å². The number of benzene rings is 1. The molecule has 124 valence electrons. The molecule has 1 unspecified atom stereocenters. The molecular weight excluding hydrogens is 291 g/mol. The minimum atomic E-state index is -4.16. The van der Waals surface area contributed by atoms with Gasteiger partial charge in [0.25, 0.3) is 0 Å². The van der Waals surface area contributed by atoms with Crippen LogP contribution in [0, 0.1) is 5.92 Å². The Morgan fingerprint density at radius 2 is 1.77 bits per heavy atom. The first-order chi connectivity index (χ1) is 10.3. The molecule has 0 aliphatic heterocycles. The second-order valence-electron chi connectivity index (χ2n) is 5.51. The quantitative estimate of drug-likeness (QED) is 0.622. The van der Waals surface area contributed by atoms with E-state index in [9.17, 15) is 13.2 Å². The van der Waals surface area contributed by atoms with Crippen LogP contribution in [0.3, 0.4) is 0 Å². The molecule has 0 heterocycles. The topological polar surface area (TPSA) is 36.4 Å². The maximum absolute atomic E-state index is 12.2. The maximum Gasteiger partial charge on any atom is 0.390 e. The molecule has 2 N–H and O–H groups in total. The van der Waals surface area contributed by atoms with Crippen LogP contribution in [0.15, 0.2) is 35.3 Å². The van der Waals surface area contributed by atoms with Crippen molar-refractivity contribution in [3.05, 3.63) is 35.9 Å². The molecule has 0 amide bonds. The van der Waals surface area contributed by atoms with Gasteiger partial charge in [-0.05, 0) is 11.5 Å². The predicted molar refractivity (Wildman–Crippen MR) is 84.1 cm³/mol. The molecule has 22 heavy (non-hydrogen) atoms. The van der Waals surface area contributed by atoms with Crippen LogP contribution in [0.25, 0.3) is 0 Å². The van der Waals surface area contributed by atoms with Crippen LogP contribution in [0.4, 0.5) is 13.2 Å². The largest absolute Gasteiger partial charge is 0.390 e. The molecular formula is C16H24F3N3. The third kappa shape index (κ3) is 6.83. The molecule has 1 aromatic carbocycles. The van der Waals surface area contributed by atoms with Gasteiger partial charge in [0.2, 0.25) is 0 Å². The number of nitrogens with zero attached hydrogens (tertiary/aromatic N) is 1. The lowest BCUT2D eigenvalue weighted by molar-refractivity contribution is -0.132. The Morgan fingerprint density at radius 1 is 1.14 bits per heavy atom. The first-order valence-corrected chi connectivity index (χ1v) is 7.39. The molecule has 0 aliphatic carbocycles. The van der Waals surface area contributed by atoms with Crippen molar-refractivity contribution in [3.63, 3.8) is 0 Å². The molecule has 0 aliphatic rings. The molecule has 6 heteroatoms. The van der Waals surface area contributed by atoms with Crippen molar-refractivity contribution in [1.82, 2.24) is 10.6 Å². The number of rotatable bonds is 6. The van der Waals surface area contributed by atoms with Gasteiger partial charge in [-0.3, -0.25) is 4.99 Å². The highest BCUT2D eigenvalue weighted by molar-refractivity contribution is 5.79.